The zero-order valence-electron chi connectivity index (χ0n) is 11.4. The second kappa shape index (κ2) is 5.31. The predicted octanol–water partition coefficient (Wildman–Crippen LogP) is 2.82. The zero-order chi connectivity index (χ0) is 12.4. The Bertz CT molecular complexity index is 388. The monoisotopic (exact) mass is 244 g/mol. The lowest BCUT2D eigenvalue weighted by atomic mass is 9.83. The summed E-state index contributed by atoms with van der Waals surface area (Å²) in [5.74, 6) is 1.91. The van der Waals surface area contributed by atoms with E-state index in [9.17, 15) is 0 Å². The first-order valence-electron chi connectivity index (χ1n) is 7.35. The van der Waals surface area contributed by atoms with Crippen molar-refractivity contribution in [3.05, 3.63) is 29.8 Å². The van der Waals surface area contributed by atoms with E-state index in [2.05, 4.69) is 41.4 Å². The van der Waals surface area contributed by atoms with Crippen LogP contribution in [0.2, 0.25) is 0 Å². The van der Waals surface area contributed by atoms with Crippen molar-refractivity contribution >= 4 is 5.69 Å². The summed E-state index contributed by atoms with van der Waals surface area (Å²) in [7, 11) is 0. The summed E-state index contributed by atoms with van der Waals surface area (Å²) in [5.41, 5.74) is 2.78. The van der Waals surface area contributed by atoms with Crippen molar-refractivity contribution in [2.24, 2.45) is 11.8 Å². The Labute approximate surface area is 110 Å². The Balaban J connectivity index is 1.59. The Morgan fingerprint density at radius 2 is 1.94 bits per heavy atom. The van der Waals surface area contributed by atoms with Gasteiger partial charge in [0.15, 0.2) is 0 Å². The molecular weight excluding hydrogens is 220 g/mol. The van der Waals surface area contributed by atoms with Crippen LogP contribution in [0.3, 0.4) is 0 Å². The van der Waals surface area contributed by atoms with Crippen LogP contribution in [0.15, 0.2) is 24.3 Å². The fourth-order valence-corrected chi connectivity index (χ4v) is 3.53. The van der Waals surface area contributed by atoms with Gasteiger partial charge < -0.3 is 10.2 Å². The molecule has 1 N–H and O–H groups in total. The SMILES string of the molecule is Cc1cccc(N2CCC(C3CCNC3)CC2)c1. The van der Waals surface area contributed by atoms with Gasteiger partial charge in [-0.3, -0.25) is 0 Å². The number of nitrogens with zero attached hydrogens (tertiary/aromatic N) is 1. The summed E-state index contributed by atoms with van der Waals surface area (Å²) in [4.78, 5) is 2.56. The molecule has 18 heavy (non-hydrogen) atoms. The summed E-state index contributed by atoms with van der Waals surface area (Å²) in [6.45, 7) is 7.16. The molecule has 0 aromatic heterocycles. The topological polar surface area (TPSA) is 15.3 Å². The quantitative estimate of drug-likeness (QED) is 0.860. The Hall–Kier alpha value is -1.02. The molecule has 2 aliphatic rings. The van der Waals surface area contributed by atoms with E-state index in [0.717, 1.165) is 11.8 Å². The number of benzene rings is 1. The smallest absolute Gasteiger partial charge is 0.0368 e. The molecule has 2 nitrogen and oxygen atoms in total. The lowest BCUT2D eigenvalue weighted by Crippen LogP contribution is -2.36. The van der Waals surface area contributed by atoms with Gasteiger partial charge >= 0.3 is 0 Å². The van der Waals surface area contributed by atoms with Crippen molar-refractivity contribution < 1.29 is 0 Å². The highest BCUT2D eigenvalue weighted by atomic mass is 15.1. The van der Waals surface area contributed by atoms with Gasteiger partial charge in [-0.1, -0.05) is 12.1 Å². The highest BCUT2D eigenvalue weighted by Crippen LogP contribution is 2.31. The molecule has 0 bridgehead atoms. The number of hydrogen-bond donors (Lipinski definition) is 1. The van der Waals surface area contributed by atoms with Crippen LogP contribution < -0.4 is 10.2 Å². The summed E-state index contributed by atoms with van der Waals surface area (Å²) in [6.07, 6.45) is 4.15. The van der Waals surface area contributed by atoms with E-state index in [1.807, 2.05) is 0 Å². The average Bonchev–Trinajstić information content (AvgIpc) is 2.93. The first-order chi connectivity index (χ1) is 8.83. The minimum atomic E-state index is 0.949. The molecule has 1 unspecified atom stereocenters. The molecule has 3 rings (SSSR count). The Morgan fingerprint density at radius 1 is 1.11 bits per heavy atom. The molecule has 2 fully saturated rings. The van der Waals surface area contributed by atoms with Crippen LogP contribution in [0.25, 0.3) is 0 Å². The van der Waals surface area contributed by atoms with Crippen LogP contribution >= 0.6 is 0 Å². The van der Waals surface area contributed by atoms with Crippen molar-refractivity contribution in [2.45, 2.75) is 26.2 Å². The van der Waals surface area contributed by atoms with Crippen LogP contribution in [0, 0.1) is 18.8 Å². The molecule has 2 heterocycles. The van der Waals surface area contributed by atoms with Gasteiger partial charge in [0.05, 0.1) is 0 Å². The lowest BCUT2D eigenvalue weighted by molar-refractivity contribution is 0.292. The zero-order valence-corrected chi connectivity index (χ0v) is 11.4. The van der Waals surface area contributed by atoms with E-state index >= 15 is 0 Å². The van der Waals surface area contributed by atoms with Gasteiger partial charge in [0.2, 0.25) is 0 Å². The third-order valence-corrected chi connectivity index (χ3v) is 4.67. The van der Waals surface area contributed by atoms with E-state index in [0.29, 0.717) is 0 Å². The fourth-order valence-electron chi connectivity index (χ4n) is 3.53. The molecule has 0 aliphatic carbocycles. The summed E-state index contributed by atoms with van der Waals surface area (Å²) in [6, 6.07) is 8.93. The van der Waals surface area contributed by atoms with Gasteiger partial charge in [-0.25, -0.2) is 0 Å². The number of rotatable bonds is 2. The molecule has 1 aromatic carbocycles. The molecule has 0 amide bonds. The van der Waals surface area contributed by atoms with E-state index in [1.165, 1.54) is 56.7 Å². The third kappa shape index (κ3) is 2.54. The summed E-state index contributed by atoms with van der Waals surface area (Å²) >= 11 is 0. The van der Waals surface area contributed by atoms with Gasteiger partial charge in [-0.15, -0.1) is 0 Å². The van der Waals surface area contributed by atoms with Crippen molar-refractivity contribution in [3.63, 3.8) is 0 Å². The third-order valence-electron chi connectivity index (χ3n) is 4.67. The number of aryl methyl sites for hydroxylation is 1. The van der Waals surface area contributed by atoms with E-state index < -0.39 is 0 Å². The Kier molecular flexibility index (Phi) is 3.55. The van der Waals surface area contributed by atoms with Gasteiger partial charge in [-0.2, -0.15) is 0 Å². The van der Waals surface area contributed by atoms with Crippen LogP contribution in [-0.2, 0) is 0 Å². The Morgan fingerprint density at radius 3 is 2.61 bits per heavy atom. The number of anilines is 1. The fraction of sp³-hybridized carbons (Fsp3) is 0.625. The van der Waals surface area contributed by atoms with Crippen LogP contribution in [0.5, 0.6) is 0 Å². The maximum Gasteiger partial charge on any atom is 0.0368 e. The summed E-state index contributed by atoms with van der Waals surface area (Å²) in [5, 5.41) is 3.51. The van der Waals surface area contributed by atoms with Crippen molar-refractivity contribution in [2.75, 3.05) is 31.1 Å². The van der Waals surface area contributed by atoms with E-state index in [1.54, 1.807) is 0 Å². The molecule has 2 aliphatic heterocycles. The lowest BCUT2D eigenvalue weighted by Gasteiger charge is -2.36. The van der Waals surface area contributed by atoms with Crippen molar-refractivity contribution in [1.82, 2.24) is 5.32 Å². The molecule has 1 atom stereocenters. The predicted molar refractivity (Wildman–Crippen MR) is 77.1 cm³/mol. The van der Waals surface area contributed by atoms with Gasteiger partial charge in [0, 0.05) is 18.8 Å². The normalized spacial score (nSPS) is 25.6. The second-order valence-electron chi connectivity index (χ2n) is 5.92. The molecular formula is C16H24N2. The maximum absolute atomic E-state index is 3.51. The van der Waals surface area contributed by atoms with Crippen LogP contribution in [0.1, 0.15) is 24.8 Å². The van der Waals surface area contributed by atoms with Gasteiger partial charge in [-0.05, 0) is 68.8 Å². The minimum absolute atomic E-state index is 0.949. The largest absolute Gasteiger partial charge is 0.372 e. The molecule has 0 saturated carbocycles. The second-order valence-corrected chi connectivity index (χ2v) is 5.92. The molecule has 0 spiro atoms. The van der Waals surface area contributed by atoms with Crippen LogP contribution in [-0.4, -0.2) is 26.2 Å². The first-order valence-corrected chi connectivity index (χ1v) is 7.35. The van der Waals surface area contributed by atoms with Crippen LogP contribution in [0.4, 0.5) is 5.69 Å². The number of nitrogens with one attached hydrogen (secondary N) is 1. The minimum Gasteiger partial charge on any atom is -0.372 e. The number of hydrogen-bond acceptors (Lipinski definition) is 2. The first kappa shape index (κ1) is 12.0. The summed E-state index contributed by atoms with van der Waals surface area (Å²) < 4.78 is 0. The molecule has 2 saturated heterocycles. The molecule has 2 heteroatoms. The van der Waals surface area contributed by atoms with Gasteiger partial charge in [0.25, 0.3) is 0 Å². The van der Waals surface area contributed by atoms with E-state index in [4.69, 9.17) is 0 Å². The van der Waals surface area contributed by atoms with Crippen molar-refractivity contribution in [3.8, 4) is 0 Å². The highest BCUT2D eigenvalue weighted by molar-refractivity contribution is 5.48. The number of piperidine rings is 1. The molecule has 98 valence electrons. The maximum atomic E-state index is 3.51. The molecule has 1 aromatic rings. The average molecular weight is 244 g/mol. The standard InChI is InChI=1S/C16H24N2/c1-13-3-2-4-16(11-13)18-9-6-14(7-10-18)15-5-8-17-12-15/h2-4,11,14-15,17H,5-10,12H2,1H3. The van der Waals surface area contributed by atoms with Gasteiger partial charge in [0.1, 0.15) is 0 Å². The molecule has 0 radical (unpaired) electrons. The van der Waals surface area contributed by atoms with Crippen molar-refractivity contribution in [1.29, 1.82) is 0 Å². The van der Waals surface area contributed by atoms with E-state index in [-0.39, 0.29) is 0 Å². The highest BCUT2D eigenvalue weighted by Gasteiger charge is 2.28.